The summed E-state index contributed by atoms with van der Waals surface area (Å²) < 4.78 is 4.77. The number of carbonyl (C=O) groups is 4. The van der Waals surface area contributed by atoms with E-state index in [0.29, 0.717) is 16.1 Å². The zero-order valence-corrected chi connectivity index (χ0v) is 14.5. The van der Waals surface area contributed by atoms with Crippen molar-refractivity contribution in [2.24, 2.45) is 0 Å². The van der Waals surface area contributed by atoms with Crippen LogP contribution in [0.25, 0.3) is 0 Å². The van der Waals surface area contributed by atoms with Crippen molar-refractivity contribution in [1.82, 2.24) is 5.32 Å². The molecule has 134 valence electrons. The minimum Gasteiger partial charge on any atom is -0.456 e. The van der Waals surface area contributed by atoms with Crippen LogP contribution in [0.4, 0.5) is 0 Å². The van der Waals surface area contributed by atoms with Gasteiger partial charge in [-0.05, 0) is 36.4 Å². The first-order chi connectivity index (χ1) is 12.5. The van der Waals surface area contributed by atoms with Gasteiger partial charge in [0.15, 0.2) is 12.4 Å². The van der Waals surface area contributed by atoms with Crippen LogP contribution in [-0.2, 0) is 14.3 Å². The number of benzene rings is 2. The summed E-state index contributed by atoms with van der Waals surface area (Å²) >= 11 is 5.74. The van der Waals surface area contributed by atoms with Gasteiger partial charge < -0.3 is 4.74 Å². The molecule has 0 atom stereocenters. The van der Waals surface area contributed by atoms with E-state index in [-0.39, 0.29) is 18.6 Å². The molecule has 0 aromatic heterocycles. The number of ether oxygens (including phenoxy) is 1. The zero-order valence-electron chi connectivity index (χ0n) is 13.7. The van der Waals surface area contributed by atoms with Crippen LogP contribution in [-0.4, -0.2) is 30.2 Å². The van der Waals surface area contributed by atoms with Crippen molar-refractivity contribution in [3.8, 4) is 0 Å². The molecule has 2 aromatic carbocycles. The SMILES string of the molecule is O=C(COC(=O)CCC(=O)c1ccc(Cl)cc1)NC(=O)c1ccccc1. The molecule has 0 aliphatic rings. The molecule has 0 heterocycles. The van der Waals surface area contributed by atoms with Crippen LogP contribution < -0.4 is 5.32 Å². The standard InChI is InChI=1S/C19H16ClNO5/c20-15-8-6-13(7-9-15)16(22)10-11-18(24)26-12-17(23)21-19(25)14-4-2-1-3-5-14/h1-9H,10-12H2,(H,21,23,25). The molecule has 0 aliphatic heterocycles. The van der Waals surface area contributed by atoms with E-state index in [0.717, 1.165) is 0 Å². The Kier molecular flexibility index (Phi) is 7.05. The molecule has 6 nitrogen and oxygen atoms in total. The molecule has 26 heavy (non-hydrogen) atoms. The molecule has 0 saturated heterocycles. The molecule has 2 aromatic rings. The van der Waals surface area contributed by atoms with Gasteiger partial charge in [0, 0.05) is 22.6 Å². The molecular formula is C19H16ClNO5. The summed E-state index contributed by atoms with van der Waals surface area (Å²) in [7, 11) is 0. The molecule has 7 heteroatoms. The largest absolute Gasteiger partial charge is 0.456 e. The Morgan fingerprint density at radius 1 is 0.846 bits per heavy atom. The zero-order chi connectivity index (χ0) is 18.9. The summed E-state index contributed by atoms with van der Waals surface area (Å²) in [6.07, 6.45) is -0.216. The Balaban J connectivity index is 1.71. The second-order valence-corrected chi connectivity index (χ2v) is 5.77. The third-order valence-corrected chi connectivity index (χ3v) is 3.63. The van der Waals surface area contributed by atoms with Crippen LogP contribution in [0.15, 0.2) is 54.6 Å². The Bertz CT molecular complexity index is 802. The lowest BCUT2D eigenvalue weighted by Crippen LogP contribution is -2.34. The number of ketones is 1. The quantitative estimate of drug-likeness (QED) is 0.595. The van der Waals surface area contributed by atoms with Gasteiger partial charge >= 0.3 is 5.97 Å². The fourth-order valence-corrected chi connectivity index (χ4v) is 2.16. The second kappa shape index (κ2) is 9.48. The van der Waals surface area contributed by atoms with Crippen molar-refractivity contribution in [1.29, 1.82) is 0 Å². The third-order valence-electron chi connectivity index (χ3n) is 3.38. The van der Waals surface area contributed by atoms with E-state index < -0.39 is 24.4 Å². The molecule has 2 amide bonds. The number of rotatable bonds is 7. The molecule has 0 bridgehead atoms. The number of hydrogen-bond donors (Lipinski definition) is 1. The molecule has 2 rings (SSSR count). The summed E-state index contributed by atoms with van der Waals surface area (Å²) in [5.41, 5.74) is 0.758. The van der Waals surface area contributed by atoms with Gasteiger partial charge in [0.25, 0.3) is 11.8 Å². The van der Waals surface area contributed by atoms with Gasteiger partial charge in [-0.1, -0.05) is 29.8 Å². The van der Waals surface area contributed by atoms with Gasteiger partial charge in [-0.15, -0.1) is 0 Å². The van der Waals surface area contributed by atoms with E-state index in [1.807, 2.05) is 0 Å². The molecule has 0 radical (unpaired) electrons. The maximum Gasteiger partial charge on any atom is 0.306 e. The van der Waals surface area contributed by atoms with E-state index >= 15 is 0 Å². The lowest BCUT2D eigenvalue weighted by Gasteiger charge is -2.06. The van der Waals surface area contributed by atoms with Crippen molar-refractivity contribution >= 4 is 35.2 Å². The minimum absolute atomic E-state index is 0.0506. The van der Waals surface area contributed by atoms with Gasteiger partial charge in [-0.25, -0.2) is 0 Å². The Labute approximate surface area is 155 Å². The molecule has 0 unspecified atom stereocenters. The average molecular weight is 374 g/mol. The smallest absolute Gasteiger partial charge is 0.306 e. The molecule has 0 fully saturated rings. The predicted molar refractivity (Wildman–Crippen MR) is 94.9 cm³/mol. The van der Waals surface area contributed by atoms with Crippen LogP contribution in [0.3, 0.4) is 0 Å². The normalized spacial score (nSPS) is 10.0. The summed E-state index contributed by atoms with van der Waals surface area (Å²) in [5, 5.41) is 2.62. The number of Topliss-reactive ketones (excluding diaryl/α,β-unsaturated/α-hetero) is 1. The van der Waals surface area contributed by atoms with E-state index in [4.69, 9.17) is 16.3 Å². The lowest BCUT2D eigenvalue weighted by atomic mass is 10.1. The number of esters is 1. The topological polar surface area (TPSA) is 89.5 Å². The monoisotopic (exact) mass is 373 g/mol. The van der Waals surface area contributed by atoms with Gasteiger partial charge in [0.1, 0.15) is 0 Å². The molecule has 0 saturated carbocycles. The minimum atomic E-state index is -0.740. The first kappa shape index (κ1) is 19.3. The summed E-state index contributed by atoms with van der Waals surface area (Å²) in [6, 6.07) is 14.5. The Morgan fingerprint density at radius 3 is 2.15 bits per heavy atom. The van der Waals surface area contributed by atoms with Crippen molar-refractivity contribution in [3.05, 3.63) is 70.7 Å². The number of halogens is 1. The highest BCUT2D eigenvalue weighted by atomic mass is 35.5. The van der Waals surface area contributed by atoms with Crippen LogP contribution in [0, 0.1) is 0 Å². The summed E-state index contributed by atoms with van der Waals surface area (Å²) in [6.45, 7) is -0.591. The number of imide groups is 1. The van der Waals surface area contributed by atoms with Crippen LogP contribution >= 0.6 is 11.6 Å². The second-order valence-electron chi connectivity index (χ2n) is 5.33. The van der Waals surface area contributed by atoms with Gasteiger partial charge in [-0.2, -0.15) is 0 Å². The third kappa shape index (κ3) is 6.14. The van der Waals surface area contributed by atoms with E-state index in [1.54, 1.807) is 54.6 Å². The molecular weight excluding hydrogens is 358 g/mol. The van der Waals surface area contributed by atoms with Crippen molar-refractivity contribution < 1.29 is 23.9 Å². The highest BCUT2D eigenvalue weighted by Gasteiger charge is 2.14. The highest BCUT2D eigenvalue weighted by molar-refractivity contribution is 6.30. The van der Waals surface area contributed by atoms with Crippen molar-refractivity contribution in [2.45, 2.75) is 12.8 Å². The number of carbonyl (C=O) groups excluding carboxylic acids is 4. The lowest BCUT2D eigenvalue weighted by molar-refractivity contribution is -0.148. The van der Waals surface area contributed by atoms with E-state index in [1.165, 1.54) is 0 Å². The maximum atomic E-state index is 11.9. The van der Waals surface area contributed by atoms with Crippen LogP contribution in [0.5, 0.6) is 0 Å². The van der Waals surface area contributed by atoms with Gasteiger partial charge in [0.05, 0.1) is 6.42 Å². The van der Waals surface area contributed by atoms with Crippen molar-refractivity contribution in [2.75, 3.05) is 6.61 Å². The Morgan fingerprint density at radius 2 is 1.50 bits per heavy atom. The van der Waals surface area contributed by atoms with Crippen molar-refractivity contribution in [3.63, 3.8) is 0 Å². The molecule has 0 spiro atoms. The fourth-order valence-electron chi connectivity index (χ4n) is 2.04. The predicted octanol–water partition coefficient (Wildman–Crippen LogP) is 2.80. The molecule has 0 aliphatic carbocycles. The average Bonchev–Trinajstić information content (AvgIpc) is 2.65. The van der Waals surface area contributed by atoms with E-state index in [2.05, 4.69) is 5.32 Å². The summed E-state index contributed by atoms with van der Waals surface area (Å²) in [5.74, 6) is -2.25. The highest BCUT2D eigenvalue weighted by Crippen LogP contribution is 2.12. The summed E-state index contributed by atoms with van der Waals surface area (Å²) in [4.78, 5) is 47.0. The fraction of sp³-hybridized carbons (Fsp3) is 0.158. The number of amides is 2. The van der Waals surface area contributed by atoms with Crippen LogP contribution in [0.2, 0.25) is 5.02 Å². The van der Waals surface area contributed by atoms with Gasteiger partial charge in [-0.3, -0.25) is 24.5 Å². The number of hydrogen-bond acceptors (Lipinski definition) is 5. The number of nitrogens with one attached hydrogen (secondary N) is 1. The maximum absolute atomic E-state index is 11.9. The Hall–Kier alpha value is -2.99. The van der Waals surface area contributed by atoms with Gasteiger partial charge in [0.2, 0.25) is 0 Å². The first-order valence-electron chi connectivity index (χ1n) is 7.79. The van der Waals surface area contributed by atoms with Crippen LogP contribution in [0.1, 0.15) is 33.6 Å². The molecule has 1 N–H and O–H groups in total. The van der Waals surface area contributed by atoms with E-state index in [9.17, 15) is 19.2 Å². The first-order valence-corrected chi connectivity index (χ1v) is 8.17.